The first-order valence-electron chi connectivity index (χ1n) is 6.73. The van der Waals surface area contributed by atoms with E-state index >= 15 is 0 Å². The molecule has 19 heavy (non-hydrogen) atoms. The number of piperidine rings is 1. The summed E-state index contributed by atoms with van der Waals surface area (Å²) in [6.07, 6.45) is 3.16. The van der Waals surface area contributed by atoms with E-state index in [1.54, 1.807) is 16.4 Å². The van der Waals surface area contributed by atoms with Crippen molar-refractivity contribution in [2.24, 2.45) is 5.92 Å². The summed E-state index contributed by atoms with van der Waals surface area (Å²) in [5.74, 6) is 0.505. The molecule has 0 aliphatic carbocycles. The lowest BCUT2D eigenvalue weighted by molar-refractivity contribution is 0.261. The summed E-state index contributed by atoms with van der Waals surface area (Å²) in [4.78, 5) is 0.411. The van der Waals surface area contributed by atoms with E-state index in [9.17, 15) is 8.42 Å². The Kier molecular flexibility index (Phi) is 5.03. The number of hydrogen-bond donors (Lipinski definition) is 0. The van der Waals surface area contributed by atoms with E-state index < -0.39 is 10.0 Å². The van der Waals surface area contributed by atoms with Gasteiger partial charge in [0, 0.05) is 18.4 Å². The maximum atomic E-state index is 12.6. The molecule has 0 radical (unpaired) electrons. The highest BCUT2D eigenvalue weighted by Gasteiger charge is 2.29. The normalized spacial score (nSPS) is 21.5. The lowest BCUT2D eigenvalue weighted by Gasteiger charge is -2.31. The molecule has 0 spiro atoms. The molecule has 1 aromatic rings. The van der Waals surface area contributed by atoms with Crippen LogP contribution in [0.3, 0.4) is 0 Å². The fourth-order valence-corrected chi connectivity index (χ4v) is 4.41. The molecule has 0 N–H and O–H groups in total. The van der Waals surface area contributed by atoms with Gasteiger partial charge in [-0.25, -0.2) is 8.42 Å². The number of hydrogen-bond acceptors (Lipinski definition) is 2. The lowest BCUT2D eigenvalue weighted by atomic mass is 9.97. The van der Waals surface area contributed by atoms with E-state index in [4.69, 9.17) is 0 Å². The van der Waals surface area contributed by atoms with Crippen LogP contribution in [0.5, 0.6) is 0 Å². The van der Waals surface area contributed by atoms with Crippen LogP contribution < -0.4 is 0 Å². The zero-order chi connectivity index (χ0) is 13.9. The first-order valence-corrected chi connectivity index (χ1v) is 9.29. The van der Waals surface area contributed by atoms with E-state index in [0.717, 1.165) is 30.2 Å². The Morgan fingerprint density at radius 1 is 1.32 bits per heavy atom. The predicted octanol–water partition coefficient (Wildman–Crippen LogP) is 3.39. The second-order valence-electron chi connectivity index (χ2n) is 5.06. The Bertz CT molecular complexity index is 513. The zero-order valence-corrected chi connectivity index (χ0v) is 13.6. The summed E-state index contributed by atoms with van der Waals surface area (Å²) in [6, 6.07) is 7.15. The monoisotopic (exact) mass is 345 g/mol. The molecule has 1 atom stereocenters. The summed E-state index contributed by atoms with van der Waals surface area (Å²) in [7, 11) is -3.31. The van der Waals surface area contributed by atoms with Crippen molar-refractivity contribution in [2.45, 2.75) is 36.4 Å². The van der Waals surface area contributed by atoms with Crippen molar-refractivity contribution in [1.82, 2.24) is 4.31 Å². The summed E-state index contributed by atoms with van der Waals surface area (Å²) < 4.78 is 26.8. The summed E-state index contributed by atoms with van der Waals surface area (Å²) in [5, 5.41) is 0.745. The third-order valence-electron chi connectivity index (χ3n) is 3.77. The third-order valence-corrected chi connectivity index (χ3v) is 6.30. The van der Waals surface area contributed by atoms with Gasteiger partial charge in [0.25, 0.3) is 0 Å². The minimum Gasteiger partial charge on any atom is -0.207 e. The van der Waals surface area contributed by atoms with Crippen molar-refractivity contribution in [2.75, 3.05) is 13.1 Å². The second kappa shape index (κ2) is 6.37. The Hall–Kier alpha value is -0.390. The molecule has 1 saturated heterocycles. The van der Waals surface area contributed by atoms with Crippen LogP contribution >= 0.6 is 15.9 Å². The molecule has 0 bridgehead atoms. The van der Waals surface area contributed by atoms with Crippen molar-refractivity contribution < 1.29 is 8.42 Å². The van der Waals surface area contributed by atoms with Gasteiger partial charge in [0.2, 0.25) is 10.0 Å². The van der Waals surface area contributed by atoms with Gasteiger partial charge in [0.1, 0.15) is 0 Å². The lowest BCUT2D eigenvalue weighted by Crippen LogP contribution is -2.39. The van der Waals surface area contributed by atoms with E-state index in [1.807, 2.05) is 12.1 Å². The van der Waals surface area contributed by atoms with Gasteiger partial charge in [0.05, 0.1) is 4.90 Å². The van der Waals surface area contributed by atoms with Crippen molar-refractivity contribution in [3.63, 3.8) is 0 Å². The molecule has 1 heterocycles. The zero-order valence-electron chi connectivity index (χ0n) is 11.2. The van der Waals surface area contributed by atoms with E-state index in [0.29, 0.717) is 23.9 Å². The molecule has 0 saturated carbocycles. The molecule has 106 valence electrons. The largest absolute Gasteiger partial charge is 0.243 e. The summed E-state index contributed by atoms with van der Waals surface area (Å²) in [5.41, 5.74) is 1.09. The highest BCUT2D eigenvalue weighted by molar-refractivity contribution is 9.08. The van der Waals surface area contributed by atoms with Gasteiger partial charge in [-0.05, 0) is 36.5 Å². The number of alkyl halides is 1. The highest BCUT2D eigenvalue weighted by Crippen LogP contribution is 2.25. The van der Waals surface area contributed by atoms with Crippen LogP contribution in [0.1, 0.15) is 31.7 Å². The van der Waals surface area contributed by atoms with Crippen molar-refractivity contribution in [3.05, 3.63) is 29.8 Å². The number of nitrogens with zero attached hydrogens (tertiary/aromatic N) is 1. The van der Waals surface area contributed by atoms with E-state index in [1.165, 1.54) is 0 Å². The van der Waals surface area contributed by atoms with Crippen molar-refractivity contribution >= 4 is 26.0 Å². The Morgan fingerprint density at radius 3 is 2.58 bits per heavy atom. The predicted molar refractivity (Wildman–Crippen MR) is 80.8 cm³/mol. The first-order chi connectivity index (χ1) is 9.07. The van der Waals surface area contributed by atoms with Gasteiger partial charge in [-0.3, -0.25) is 0 Å². The molecule has 2 rings (SSSR count). The topological polar surface area (TPSA) is 37.4 Å². The second-order valence-corrected chi connectivity index (χ2v) is 7.56. The van der Waals surface area contributed by atoms with Crippen LogP contribution in [0.25, 0.3) is 0 Å². The van der Waals surface area contributed by atoms with Crippen LogP contribution in [-0.2, 0) is 15.4 Å². The number of sulfonamides is 1. The molecule has 1 aromatic carbocycles. The van der Waals surface area contributed by atoms with Gasteiger partial charge < -0.3 is 0 Å². The van der Waals surface area contributed by atoms with Gasteiger partial charge in [-0.15, -0.1) is 0 Å². The number of rotatable bonds is 4. The molecular formula is C14H20BrNO2S. The Balaban J connectivity index is 2.20. The maximum absolute atomic E-state index is 12.6. The number of benzene rings is 1. The average molecular weight is 346 g/mol. The van der Waals surface area contributed by atoms with Gasteiger partial charge in [0.15, 0.2) is 0 Å². The van der Waals surface area contributed by atoms with E-state index in [-0.39, 0.29) is 0 Å². The summed E-state index contributed by atoms with van der Waals surface area (Å²) in [6.45, 7) is 3.45. The minimum absolute atomic E-state index is 0.411. The van der Waals surface area contributed by atoms with Crippen LogP contribution in [-0.4, -0.2) is 25.8 Å². The van der Waals surface area contributed by atoms with Gasteiger partial charge >= 0.3 is 0 Å². The van der Waals surface area contributed by atoms with Crippen molar-refractivity contribution in [3.8, 4) is 0 Å². The smallest absolute Gasteiger partial charge is 0.207 e. The van der Waals surface area contributed by atoms with Crippen LogP contribution in [0.4, 0.5) is 0 Å². The standard InChI is InChI=1S/C14H20BrNO2S/c1-2-12-4-3-9-16(11-12)19(17,18)14-7-5-13(10-15)6-8-14/h5-8,12H,2-4,9-11H2,1H3. The molecule has 1 fully saturated rings. The molecule has 3 nitrogen and oxygen atoms in total. The quantitative estimate of drug-likeness (QED) is 0.784. The molecule has 1 aliphatic heterocycles. The van der Waals surface area contributed by atoms with Crippen LogP contribution in [0.15, 0.2) is 29.2 Å². The van der Waals surface area contributed by atoms with Gasteiger partial charge in [-0.1, -0.05) is 41.4 Å². The van der Waals surface area contributed by atoms with Crippen LogP contribution in [0, 0.1) is 5.92 Å². The third kappa shape index (κ3) is 3.38. The highest BCUT2D eigenvalue weighted by atomic mass is 79.9. The van der Waals surface area contributed by atoms with Crippen LogP contribution in [0.2, 0.25) is 0 Å². The number of halogens is 1. The molecule has 0 aromatic heterocycles. The van der Waals surface area contributed by atoms with E-state index in [2.05, 4.69) is 22.9 Å². The Labute approximate surface area is 124 Å². The molecule has 1 unspecified atom stereocenters. The first kappa shape index (κ1) is 15.0. The molecule has 1 aliphatic rings. The van der Waals surface area contributed by atoms with Crippen molar-refractivity contribution in [1.29, 1.82) is 0 Å². The summed E-state index contributed by atoms with van der Waals surface area (Å²) >= 11 is 3.37. The Morgan fingerprint density at radius 2 is 2.00 bits per heavy atom. The molecular weight excluding hydrogens is 326 g/mol. The molecule has 0 amide bonds. The molecule has 5 heteroatoms. The average Bonchev–Trinajstić information content (AvgIpc) is 2.47. The maximum Gasteiger partial charge on any atom is 0.243 e. The SMILES string of the molecule is CCC1CCCN(S(=O)(=O)c2ccc(CBr)cc2)C1. The fraction of sp³-hybridized carbons (Fsp3) is 0.571. The fourth-order valence-electron chi connectivity index (χ4n) is 2.48. The minimum atomic E-state index is -3.31. The van der Waals surface area contributed by atoms with Gasteiger partial charge in [-0.2, -0.15) is 4.31 Å².